The number of benzene rings is 2. The predicted molar refractivity (Wildman–Crippen MR) is 116 cm³/mol. The molecule has 0 saturated carbocycles. The highest BCUT2D eigenvalue weighted by Crippen LogP contribution is 2.26. The Hall–Kier alpha value is -3.13. The molecule has 0 radical (unpaired) electrons. The minimum atomic E-state index is 0.00768. The first-order valence-corrected chi connectivity index (χ1v) is 10.7. The number of rotatable bonds is 7. The fourth-order valence-electron chi connectivity index (χ4n) is 3.39. The van der Waals surface area contributed by atoms with Crippen molar-refractivity contribution >= 4 is 29.1 Å². The number of ketones is 1. The number of nitrogens with zero attached hydrogens (tertiary/aromatic N) is 4. The van der Waals surface area contributed by atoms with Crippen LogP contribution in [0.25, 0.3) is 11.4 Å². The van der Waals surface area contributed by atoms with Gasteiger partial charge in [-0.05, 0) is 55.0 Å². The molecule has 2 aromatic carbocycles. The molecule has 0 atom stereocenters. The Balaban J connectivity index is 1.40. The van der Waals surface area contributed by atoms with E-state index in [9.17, 15) is 9.59 Å². The summed E-state index contributed by atoms with van der Waals surface area (Å²) in [7, 11) is 3.51. The summed E-state index contributed by atoms with van der Waals surface area (Å²) < 4.78 is 7.06. The van der Waals surface area contributed by atoms with Crippen molar-refractivity contribution in [3.63, 3.8) is 0 Å². The zero-order valence-corrected chi connectivity index (χ0v) is 17.7. The van der Waals surface area contributed by atoms with E-state index in [-0.39, 0.29) is 17.4 Å². The number of carbonyl (C=O) groups is 2. The number of amides is 1. The maximum Gasteiger partial charge on any atom is 0.227 e. The predicted octanol–water partition coefficient (Wildman–Crippen LogP) is 3.59. The molecule has 1 aliphatic heterocycles. The molecule has 1 amide bonds. The number of ether oxygens (including phenoxy) is 1. The molecule has 1 saturated heterocycles. The zero-order chi connectivity index (χ0) is 21.1. The topological polar surface area (TPSA) is 77.3 Å². The molecule has 0 aliphatic carbocycles. The van der Waals surface area contributed by atoms with Crippen LogP contribution in [0.5, 0.6) is 5.75 Å². The van der Waals surface area contributed by atoms with Crippen LogP contribution in [-0.2, 0) is 11.8 Å². The molecule has 0 spiro atoms. The lowest BCUT2D eigenvalue weighted by atomic mass is 10.1. The fraction of sp³-hybridized carbons (Fsp3) is 0.273. The van der Waals surface area contributed by atoms with Gasteiger partial charge in [0.05, 0.1) is 12.9 Å². The molecule has 0 N–H and O–H groups in total. The molecule has 4 rings (SSSR count). The Morgan fingerprint density at radius 2 is 1.83 bits per heavy atom. The van der Waals surface area contributed by atoms with Gasteiger partial charge in [0.15, 0.2) is 16.8 Å². The van der Waals surface area contributed by atoms with Gasteiger partial charge in [0, 0.05) is 36.8 Å². The third kappa shape index (κ3) is 4.09. The zero-order valence-electron chi connectivity index (χ0n) is 16.9. The molecule has 3 aromatic rings. The van der Waals surface area contributed by atoms with Gasteiger partial charge in [0.2, 0.25) is 5.91 Å². The highest BCUT2D eigenvalue weighted by atomic mass is 32.2. The van der Waals surface area contributed by atoms with E-state index < -0.39 is 0 Å². The standard InChI is InChI=1S/C22H22N4O3S/c1-25-21(16-7-11-18(29-2)12-8-16)23-24-22(25)30-14-19(27)15-5-9-17(10-6-15)26-13-3-4-20(26)28/h5-12H,3-4,13-14H2,1-2H3. The minimum Gasteiger partial charge on any atom is -0.497 e. The second-order valence-electron chi connectivity index (χ2n) is 7.00. The van der Waals surface area contributed by atoms with Crippen molar-refractivity contribution in [2.75, 3.05) is 24.3 Å². The molecular weight excluding hydrogens is 400 g/mol. The van der Waals surface area contributed by atoms with E-state index in [4.69, 9.17) is 4.74 Å². The summed E-state index contributed by atoms with van der Waals surface area (Å²) in [5.41, 5.74) is 2.39. The first-order chi connectivity index (χ1) is 14.6. The third-order valence-corrected chi connectivity index (χ3v) is 6.11. The summed E-state index contributed by atoms with van der Waals surface area (Å²) >= 11 is 1.35. The summed E-state index contributed by atoms with van der Waals surface area (Å²) in [6, 6.07) is 14.8. The van der Waals surface area contributed by atoms with Crippen LogP contribution in [-0.4, -0.2) is 45.9 Å². The number of hydrogen-bond donors (Lipinski definition) is 0. The number of carbonyl (C=O) groups excluding carboxylic acids is 2. The molecule has 7 nitrogen and oxygen atoms in total. The van der Waals surface area contributed by atoms with Gasteiger partial charge in [0.1, 0.15) is 5.75 Å². The number of thioether (sulfide) groups is 1. The second kappa shape index (κ2) is 8.71. The molecule has 1 aromatic heterocycles. The quantitative estimate of drug-likeness (QED) is 0.428. The van der Waals surface area contributed by atoms with E-state index in [2.05, 4.69) is 10.2 Å². The second-order valence-corrected chi connectivity index (χ2v) is 7.94. The molecule has 0 bridgehead atoms. The summed E-state index contributed by atoms with van der Waals surface area (Å²) in [6.07, 6.45) is 1.47. The Bertz CT molecular complexity index is 1060. The van der Waals surface area contributed by atoms with Gasteiger partial charge < -0.3 is 14.2 Å². The summed E-state index contributed by atoms with van der Waals surface area (Å²) in [6.45, 7) is 0.741. The summed E-state index contributed by atoms with van der Waals surface area (Å²) in [5, 5.41) is 9.16. The van der Waals surface area contributed by atoms with E-state index >= 15 is 0 Å². The lowest BCUT2D eigenvalue weighted by molar-refractivity contribution is -0.117. The van der Waals surface area contributed by atoms with Crippen LogP contribution in [0.15, 0.2) is 53.7 Å². The highest BCUT2D eigenvalue weighted by molar-refractivity contribution is 7.99. The monoisotopic (exact) mass is 422 g/mol. The van der Waals surface area contributed by atoms with Gasteiger partial charge >= 0.3 is 0 Å². The maximum atomic E-state index is 12.6. The van der Waals surface area contributed by atoms with Crippen LogP contribution < -0.4 is 9.64 Å². The number of hydrogen-bond acceptors (Lipinski definition) is 6. The van der Waals surface area contributed by atoms with Crippen molar-refractivity contribution in [2.45, 2.75) is 18.0 Å². The van der Waals surface area contributed by atoms with Crippen molar-refractivity contribution in [3.05, 3.63) is 54.1 Å². The lowest BCUT2D eigenvalue weighted by Crippen LogP contribution is -2.23. The van der Waals surface area contributed by atoms with Gasteiger partial charge in [-0.1, -0.05) is 11.8 Å². The number of methoxy groups -OCH3 is 1. The SMILES string of the molecule is COc1ccc(-c2nnc(SCC(=O)c3ccc(N4CCCC4=O)cc3)n2C)cc1. The smallest absolute Gasteiger partial charge is 0.227 e. The number of Topliss-reactive ketones (excluding diaryl/α,β-unsaturated/α-hetero) is 1. The van der Waals surface area contributed by atoms with Crippen LogP contribution in [0, 0.1) is 0 Å². The van der Waals surface area contributed by atoms with Crippen molar-refractivity contribution in [1.29, 1.82) is 0 Å². The van der Waals surface area contributed by atoms with Gasteiger partial charge in [-0.3, -0.25) is 9.59 Å². The Morgan fingerprint density at radius 1 is 1.10 bits per heavy atom. The van der Waals surface area contributed by atoms with Crippen molar-refractivity contribution in [3.8, 4) is 17.1 Å². The van der Waals surface area contributed by atoms with Gasteiger partial charge in [-0.2, -0.15) is 0 Å². The van der Waals surface area contributed by atoms with Crippen LogP contribution >= 0.6 is 11.8 Å². The first kappa shape index (κ1) is 20.2. The molecule has 8 heteroatoms. The van der Waals surface area contributed by atoms with E-state index in [1.54, 1.807) is 24.1 Å². The normalized spacial score (nSPS) is 13.7. The molecule has 1 fully saturated rings. The first-order valence-electron chi connectivity index (χ1n) is 9.67. The number of aromatic nitrogens is 3. The molecule has 0 unspecified atom stereocenters. The third-order valence-electron chi connectivity index (χ3n) is 5.09. The van der Waals surface area contributed by atoms with E-state index in [1.165, 1.54) is 11.8 Å². The van der Waals surface area contributed by atoms with Gasteiger partial charge in [-0.15, -0.1) is 10.2 Å². The van der Waals surface area contributed by atoms with Crippen LogP contribution in [0.4, 0.5) is 5.69 Å². The van der Waals surface area contributed by atoms with Crippen LogP contribution in [0.1, 0.15) is 23.2 Å². The highest BCUT2D eigenvalue weighted by Gasteiger charge is 2.22. The Kier molecular flexibility index (Phi) is 5.85. The maximum absolute atomic E-state index is 12.6. The van der Waals surface area contributed by atoms with Crippen molar-refractivity contribution in [1.82, 2.24) is 14.8 Å². The fourth-order valence-corrected chi connectivity index (χ4v) is 4.20. The number of anilines is 1. The van der Waals surface area contributed by atoms with Gasteiger partial charge in [0.25, 0.3) is 0 Å². The van der Waals surface area contributed by atoms with Crippen molar-refractivity contribution in [2.24, 2.45) is 7.05 Å². The molecule has 2 heterocycles. The largest absolute Gasteiger partial charge is 0.497 e. The van der Waals surface area contributed by atoms with Gasteiger partial charge in [-0.25, -0.2) is 0 Å². The lowest BCUT2D eigenvalue weighted by Gasteiger charge is -2.15. The van der Waals surface area contributed by atoms with E-state index in [0.717, 1.165) is 35.8 Å². The van der Waals surface area contributed by atoms with E-state index in [0.29, 0.717) is 17.1 Å². The molecule has 154 valence electrons. The average molecular weight is 423 g/mol. The van der Waals surface area contributed by atoms with Crippen LogP contribution in [0.2, 0.25) is 0 Å². The average Bonchev–Trinajstić information content (AvgIpc) is 3.37. The van der Waals surface area contributed by atoms with Crippen molar-refractivity contribution < 1.29 is 14.3 Å². The summed E-state index contributed by atoms with van der Waals surface area (Å²) in [4.78, 5) is 26.2. The Labute approximate surface area is 179 Å². The van der Waals surface area contributed by atoms with Crippen LogP contribution in [0.3, 0.4) is 0 Å². The van der Waals surface area contributed by atoms with E-state index in [1.807, 2.05) is 48.0 Å². The minimum absolute atomic E-state index is 0.00768. The molecule has 1 aliphatic rings. The summed E-state index contributed by atoms with van der Waals surface area (Å²) in [5.74, 6) is 1.91. The molecular formula is C22H22N4O3S. The Morgan fingerprint density at radius 3 is 2.47 bits per heavy atom. The molecule has 30 heavy (non-hydrogen) atoms.